The first-order valence-electron chi connectivity index (χ1n) is 4.68. The second-order valence-corrected chi connectivity index (χ2v) is 4.08. The Hall–Kier alpha value is -0.720. The maximum atomic E-state index is 8.80. The highest BCUT2D eigenvalue weighted by atomic mass is 79.9. The van der Waals surface area contributed by atoms with E-state index < -0.39 is 0 Å². The predicted molar refractivity (Wildman–Crippen MR) is 71.3 cm³/mol. The quantitative estimate of drug-likeness (QED) is 0.659. The van der Waals surface area contributed by atoms with Gasteiger partial charge in [0.2, 0.25) is 0 Å². The Bertz CT molecular complexity index is 393. The first-order valence-corrected chi connectivity index (χ1v) is 6.43. The average Bonchev–Trinajstić information content (AvgIpc) is 2.29. The van der Waals surface area contributed by atoms with Crippen molar-refractivity contribution < 1.29 is 0 Å². The van der Waals surface area contributed by atoms with Gasteiger partial charge in [-0.05, 0) is 35.4 Å². The smallest absolute Gasteiger partial charge is 0.0991 e. The molecule has 0 aliphatic heterocycles. The summed E-state index contributed by atoms with van der Waals surface area (Å²) in [7, 11) is 0. The van der Waals surface area contributed by atoms with Gasteiger partial charge >= 0.3 is 0 Å². The number of allylic oxidation sites excluding steroid dienone is 1. The molecule has 1 nitrogen and oxygen atoms in total. The zero-order valence-electron chi connectivity index (χ0n) is 8.28. The van der Waals surface area contributed by atoms with Crippen molar-refractivity contribution in [1.82, 2.24) is 0 Å². The molecule has 0 radical (unpaired) electrons. The first-order chi connectivity index (χ1) is 7.31. The summed E-state index contributed by atoms with van der Waals surface area (Å²) in [4.78, 5) is 0. The molecular formula is C12H12BrNS. The van der Waals surface area contributed by atoms with Crippen molar-refractivity contribution >= 4 is 34.6 Å². The van der Waals surface area contributed by atoms with Gasteiger partial charge in [-0.3, -0.25) is 0 Å². The van der Waals surface area contributed by atoms with Crippen LogP contribution in [-0.2, 0) is 5.33 Å². The minimum Gasteiger partial charge on any atom is -0.192 e. The number of hydrogen-bond donors (Lipinski definition) is 1. The van der Waals surface area contributed by atoms with Gasteiger partial charge in [0.05, 0.1) is 11.6 Å². The fourth-order valence-corrected chi connectivity index (χ4v) is 1.89. The van der Waals surface area contributed by atoms with Crippen molar-refractivity contribution in [1.29, 1.82) is 5.26 Å². The largest absolute Gasteiger partial charge is 0.192 e. The lowest BCUT2D eigenvalue weighted by Crippen LogP contribution is -1.86. The monoisotopic (exact) mass is 281 g/mol. The molecule has 1 rings (SSSR count). The number of nitriles is 1. The van der Waals surface area contributed by atoms with Gasteiger partial charge in [0.1, 0.15) is 0 Å². The maximum absolute atomic E-state index is 8.80. The van der Waals surface area contributed by atoms with Crippen molar-refractivity contribution in [2.45, 2.75) is 11.8 Å². The van der Waals surface area contributed by atoms with E-state index in [2.05, 4.69) is 40.7 Å². The third kappa shape index (κ3) is 3.73. The third-order valence-electron chi connectivity index (χ3n) is 2.01. The van der Waals surface area contributed by atoms with Gasteiger partial charge in [0.15, 0.2) is 0 Å². The molecule has 1 aromatic carbocycles. The van der Waals surface area contributed by atoms with E-state index in [4.69, 9.17) is 5.26 Å². The summed E-state index contributed by atoms with van der Waals surface area (Å²) >= 11 is 7.57. The van der Waals surface area contributed by atoms with Crippen LogP contribution in [0.4, 0.5) is 0 Å². The summed E-state index contributed by atoms with van der Waals surface area (Å²) in [5, 5.41) is 9.60. The van der Waals surface area contributed by atoms with E-state index in [0.29, 0.717) is 5.56 Å². The lowest BCUT2D eigenvalue weighted by Gasteiger charge is -2.02. The standard InChI is InChI=1S/C12H12BrNS/c13-8-12-5-4-10(9-14)7-11(12)3-1-2-6-15/h1,3-5,7,15H,2,6,8H2. The molecule has 0 N–H and O–H groups in total. The van der Waals surface area contributed by atoms with Crippen LogP contribution < -0.4 is 0 Å². The highest BCUT2D eigenvalue weighted by molar-refractivity contribution is 9.08. The van der Waals surface area contributed by atoms with Crippen molar-refractivity contribution in [3.05, 3.63) is 41.0 Å². The van der Waals surface area contributed by atoms with E-state index in [9.17, 15) is 0 Å². The summed E-state index contributed by atoms with van der Waals surface area (Å²) in [6, 6.07) is 7.87. The van der Waals surface area contributed by atoms with Crippen LogP contribution in [0.25, 0.3) is 6.08 Å². The number of alkyl halides is 1. The Labute approximate surface area is 104 Å². The normalized spacial score (nSPS) is 10.5. The molecule has 0 amide bonds. The number of nitrogens with zero attached hydrogens (tertiary/aromatic N) is 1. The van der Waals surface area contributed by atoms with Crippen molar-refractivity contribution in [2.75, 3.05) is 5.75 Å². The van der Waals surface area contributed by atoms with Crippen LogP contribution in [0, 0.1) is 11.3 Å². The molecule has 0 aliphatic rings. The molecule has 1 aromatic rings. The summed E-state index contributed by atoms with van der Waals surface area (Å²) in [5.41, 5.74) is 3.00. The summed E-state index contributed by atoms with van der Waals surface area (Å²) < 4.78 is 0. The fraction of sp³-hybridized carbons (Fsp3) is 0.250. The van der Waals surface area contributed by atoms with Crippen LogP contribution in [0.3, 0.4) is 0 Å². The average molecular weight is 282 g/mol. The lowest BCUT2D eigenvalue weighted by molar-refractivity contribution is 1.26. The van der Waals surface area contributed by atoms with Gasteiger partial charge in [-0.15, -0.1) is 0 Å². The second-order valence-electron chi connectivity index (χ2n) is 3.07. The second kappa shape index (κ2) is 6.71. The van der Waals surface area contributed by atoms with Crippen LogP contribution in [0.2, 0.25) is 0 Å². The van der Waals surface area contributed by atoms with Crippen molar-refractivity contribution in [2.24, 2.45) is 0 Å². The van der Waals surface area contributed by atoms with Gasteiger partial charge in [-0.2, -0.15) is 17.9 Å². The number of hydrogen-bond acceptors (Lipinski definition) is 2. The predicted octanol–water partition coefficient (Wildman–Crippen LogP) is 3.79. The molecule has 78 valence electrons. The third-order valence-corrected chi connectivity index (χ3v) is 2.87. The molecule has 0 bridgehead atoms. The van der Waals surface area contributed by atoms with Crippen LogP contribution in [-0.4, -0.2) is 5.75 Å². The number of benzene rings is 1. The van der Waals surface area contributed by atoms with Crippen LogP contribution in [0.5, 0.6) is 0 Å². The highest BCUT2D eigenvalue weighted by Gasteiger charge is 1.99. The molecule has 0 saturated carbocycles. The van der Waals surface area contributed by atoms with E-state index >= 15 is 0 Å². The SMILES string of the molecule is N#Cc1ccc(CBr)c(C=CCCS)c1. The summed E-state index contributed by atoms with van der Waals surface area (Å²) in [6.07, 6.45) is 5.07. The van der Waals surface area contributed by atoms with E-state index in [1.165, 1.54) is 5.56 Å². The molecule has 0 heterocycles. The molecular weight excluding hydrogens is 270 g/mol. The Morgan fingerprint density at radius 2 is 2.27 bits per heavy atom. The zero-order valence-corrected chi connectivity index (χ0v) is 10.8. The highest BCUT2D eigenvalue weighted by Crippen LogP contribution is 2.16. The Kier molecular flexibility index (Phi) is 5.52. The van der Waals surface area contributed by atoms with Gasteiger partial charge < -0.3 is 0 Å². The zero-order chi connectivity index (χ0) is 11.1. The van der Waals surface area contributed by atoms with Crippen LogP contribution in [0.1, 0.15) is 23.1 Å². The molecule has 0 fully saturated rings. The van der Waals surface area contributed by atoms with Gasteiger partial charge in [0, 0.05) is 5.33 Å². The molecule has 0 atom stereocenters. The van der Waals surface area contributed by atoms with E-state index in [1.54, 1.807) is 0 Å². The number of thiol groups is 1. The van der Waals surface area contributed by atoms with Gasteiger partial charge in [-0.25, -0.2) is 0 Å². The molecule has 0 saturated heterocycles. The molecule has 0 spiro atoms. The molecule has 3 heteroatoms. The van der Waals surface area contributed by atoms with E-state index in [0.717, 1.165) is 23.1 Å². The van der Waals surface area contributed by atoms with Crippen LogP contribution in [0.15, 0.2) is 24.3 Å². The first kappa shape index (κ1) is 12.4. The Balaban J connectivity index is 2.97. The van der Waals surface area contributed by atoms with E-state index in [1.807, 2.05) is 24.3 Å². The van der Waals surface area contributed by atoms with Gasteiger partial charge in [-0.1, -0.05) is 34.1 Å². The Morgan fingerprint density at radius 1 is 1.47 bits per heavy atom. The molecule has 0 unspecified atom stereocenters. The lowest BCUT2D eigenvalue weighted by atomic mass is 10.0. The van der Waals surface area contributed by atoms with Crippen molar-refractivity contribution in [3.63, 3.8) is 0 Å². The molecule has 15 heavy (non-hydrogen) atoms. The minimum absolute atomic E-state index is 0.699. The topological polar surface area (TPSA) is 23.8 Å². The molecule has 0 aromatic heterocycles. The minimum atomic E-state index is 0.699. The van der Waals surface area contributed by atoms with Crippen LogP contribution >= 0.6 is 28.6 Å². The Morgan fingerprint density at radius 3 is 2.87 bits per heavy atom. The maximum Gasteiger partial charge on any atom is 0.0991 e. The number of halogens is 1. The number of rotatable bonds is 4. The van der Waals surface area contributed by atoms with Gasteiger partial charge in [0.25, 0.3) is 0 Å². The summed E-state index contributed by atoms with van der Waals surface area (Å²) in [6.45, 7) is 0. The fourth-order valence-electron chi connectivity index (χ4n) is 1.23. The van der Waals surface area contributed by atoms with E-state index in [-0.39, 0.29) is 0 Å². The summed E-state index contributed by atoms with van der Waals surface area (Å²) in [5.74, 6) is 0.845. The molecule has 0 aliphatic carbocycles. The van der Waals surface area contributed by atoms with Crippen molar-refractivity contribution in [3.8, 4) is 6.07 Å².